The van der Waals surface area contributed by atoms with Crippen molar-refractivity contribution in [2.75, 3.05) is 0 Å². The Hall–Kier alpha value is -1.12. The first-order valence-electron chi connectivity index (χ1n) is 8.87. The van der Waals surface area contributed by atoms with Crippen LogP contribution in [0.5, 0.6) is 0 Å². The fourth-order valence-corrected chi connectivity index (χ4v) is 6.46. The maximum atomic E-state index is 12.4. The lowest BCUT2D eigenvalue weighted by atomic mass is 9.47. The van der Waals surface area contributed by atoms with Gasteiger partial charge in [-0.1, -0.05) is 13.8 Å². The van der Waals surface area contributed by atoms with Crippen LogP contribution in [-0.4, -0.2) is 16.7 Å². The Bertz CT molecular complexity index is 589. The van der Waals surface area contributed by atoms with E-state index in [1.807, 2.05) is 0 Å². The molecule has 3 saturated carbocycles. The maximum Gasteiger partial charge on any atom is 0.197 e. The molecular formula is C19H26O3. The molecule has 5 atom stereocenters. The molecule has 0 heterocycles. The highest BCUT2D eigenvalue weighted by atomic mass is 16.3. The summed E-state index contributed by atoms with van der Waals surface area (Å²) in [6.07, 6.45) is 7.13. The van der Waals surface area contributed by atoms with Gasteiger partial charge in [0.25, 0.3) is 0 Å². The van der Waals surface area contributed by atoms with Crippen molar-refractivity contribution in [3.8, 4) is 0 Å². The van der Waals surface area contributed by atoms with Gasteiger partial charge < -0.3 is 5.11 Å². The number of allylic oxidation sites excluding steroid dienone is 1. The van der Waals surface area contributed by atoms with Gasteiger partial charge in [-0.15, -0.1) is 0 Å². The van der Waals surface area contributed by atoms with Gasteiger partial charge in [0.05, 0.1) is 0 Å². The topological polar surface area (TPSA) is 54.4 Å². The zero-order chi connectivity index (χ0) is 15.7. The Morgan fingerprint density at radius 3 is 2.41 bits per heavy atom. The quantitative estimate of drug-likeness (QED) is 0.736. The van der Waals surface area contributed by atoms with E-state index in [0.29, 0.717) is 30.0 Å². The van der Waals surface area contributed by atoms with E-state index in [4.69, 9.17) is 0 Å². The predicted octanol–water partition coefficient (Wildman–Crippen LogP) is 3.97. The van der Waals surface area contributed by atoms with Crippen LogP contribution in [-0.2, 0) is 9.59 Å². The summed E-state index contributed by atoms with van der Waals surface area (Å²) in [7, 11) is 0. The highest BCUT2D eigenvalue weighted by molar-refractivity contribution is 5.95. The third kappa shape index (κ3) is 1.63. The van der Waals surface area contributed by atoms with E-state index in [0.717, 1.165) is 50.5 Å². The van der Waals surface area contributed by atoms with Crippen LogP contribution in [0.25, 0.3) is 0 Å². The van der Waals surface area contributed by atoms with Crippen LogP contribution in [0.4, 0.5) is 0 Å². The summed E-state index contributed by atoms with van der Waals surface area (Å²) in [5.41, 5.74) is 0.914. The van der Waals surface area contributed by atoms with E-state index < -0.39 is 0 Å². The average Bonchev–Trinajstić information content (AvgIpc) is 2.79. The monoisotopic (exact) mass is 302 g/mol. The van der Waals surface area contributed by atoms with Crippen LogP contribution < -0.4 is 0 Å². The molecule has 0 aliphatic heterocycles. The number of hydrogen-bond acceptors (Lipinski definition) is 3. The smallest absolute Gasteiger partial charge is 0.197 e. The molecule has 3 fully saturated rings. The summed E-state index contributed by atoms with van der Waals surface area (Å²) in [6.45, 7) is 4.46. The highest BCUT2D eigenvalue weighted by Crippen LogP contribution is 2.64. The first kappa shape index (κ1) is 14.5. The van der Waals surface area contributed by atoms with Crippen molar-refractivity contribution in [2.24, 2.45) is 28.6 Å². The van der Waals surface area contributed by atoms with Gasteiger partial charge in [-0.05, 0) is 67.3 Å². The highest BCUT2D eigenvalue weighted by Gasteiger charge is 2.59. The van der Waals surface area contributed by atoms with E-state index in [1.54, 1.807) is 0 Å². The Morgan fingerprint density at radius 1 is 0.909 bits per heavy atom. The number of aliphatic hydroxyl groups excluding tert-OH is 1. The van der Waals surface area contributed by atoms with E-state index in [2.05, 4.69) is 13.8 Å². The lowest BCUT2D eigenvalue weighted by molar-refractivity contribution is -0.133. The van der Waals surface area contributed by atoms with Crippen LogP contribution in [0, 0.1) is 28.6 Å². The second-order valence-electron chi connectivity index (χ2n) is 8.50. The van der Waals surface area contributed by atoms with Crippen molar-refractivity contribution in [1.82, 2.24) is 0 Å². The van der Waals surface area contributed by atoms with Gasteiger partial charge in [0, 0.05) is 18.3 Å². The van der Waals surface area contributed by atoms with Gasteiger partial charge in [-0.3, -0.25) is 9.59 Å². The molecule has 0 amide bonds. The molecule has 22 heavy (non-hydrogen) atoms. The molecule has 4 aliphatic rings. The Balaban J connectivity index is 1.73. The number of hydrogen-bond donors (Lipinski definition) is 1. The maximum absolute atomic E-state index is 12.4. The molecular weight excluding hydrogens is 276 g/mol. The minimum Gasteiger partial charge on any atom is -0.504 e. The number of fused-ring (bicyclic) bond motifs is 5. The molecule has 0 aromatic heterocycles. The number of ketones is 2. The summed E-state index contributed by atoms with van der Waals surface area (Å²) in [5.74, 6) is 2.14. The first-order chi connectivity index (χ1) is 10.4. The minimum absolute atomic E-state index is 0.0200. The van der Waals surface area contributed by atoms with Crippen molar-refractivity contribution < 1.29 is 14.7 Å². The molecule has 0 spiro atoms. The van der Waals surface area contributed by atoms with Gasteiger partial charge in [-0.25, -0.2) is 0 Å². The predicted molar refractivity (Wildman–Crippen MR) is 83.3 cm³/mol. The van der Waals surface area contributed by atoms with E-state index >= 15 is 0 Å². The number of rotatable bonds is 0. The summed E-state index contributed by atoms with van der Waals surface area (Å²) in [6, 6.07) is 0. The van der Waals surface area contributed by atoms with Crippen LogP contribution in [0.1, 0.15) is 65.2 Å². The Morgan fingerprint density at radius 2 is 1.64 bits per heavy atom. The van der Waals surface area contributed by atoms with Gasteiger partial charge >= 0.3 is 0 Å². The second-order valence-corrected chi connectivity index (χ2v) is 8.50. The molecule has 0 unspecified atom stereocenters. The lowest BCUT2D eigenvalue weighted by Gasteiger charge is -2.56. The van der Waals surface area contributed by atoms with Crippen molar-refractivity contribution >= 4 is 11.6 Å². The lowest BCUT2D eigenvalue weighted by Crippen LogP contribution is -2.51. The zero-order valence-electron chi connectivity index (χ0n) is 13.7. The molecule has 0 aromatic rings. The number of carbonyl (C=O) groups is 2. The van der Waals surface area contributed by atoms with Crippen LogP contribution in [0.3, 0.4) is 0 Å². The van der Waals surface area contributed by atoms with Gasteiger partial charge in [0.15, 0.2) is 11.5 Å². The molecule has 3 nitrogen and oxygen atoms in total. The number of aliphatic hydroxyl groups is 1. The zero-order valence-corrected chi connectivity index (χ0v) is 13.7. The Kier molecular flexibility index (Phi) is 2.93. The van der Waals surface area contributed by atoms with Gasteiger partial charge in [-0.2, -0.15) is 0 Å². The fraction of sp³-hybridized carbons (Fsp3) is 0.789. The molecule has 0 bridgehead atoms. The van der Waals surface area contributed by atoms with Crippen LogP contribution in [0.2, 0.25) is 0 Å². The SMILES string of the molecule is C[C@@]12CC[C@@H]3[C@H](CCC4=C(O)C(=O)CC[C@@]43C)[C@H]1CCC2=O. The van der Waals surface area contributed by atoms with Crippen LogP contribution in [0.15, 0.2) is 11.3 Å². The van der Waals surface area contributed by atoms with Crippen molar-refractivity contribution in [2.45, 2.75) is 65.2 Å². The van der Waals surface area contributed by atoms with E-state index in [1.165, 1.54) is 0 Å². The van der Waals surface area contributed by atoms with Gasteiger partial charge in [0.1, 0.15) is 5.78 Å². The van der Waals surface area contributed by atoms with Crippen molar-refractivity contribution in [3.63, 3.8) is 0 Å². The second kappa shape index (κ2) is 4.46. The summed E-state index contributed by atoms with van der Waals surface area (Å²) >= 11 is 0. The molecule has 4 aliphatic carbocycles. The number of carbonyl (C=O) groups excluding carboxylic acids is 2. The summed E-state index contributed by atoms with van der Waals surface area (Å²) in [4.78, 5) is 24.2. The average molecular weight is 302 g/mol. The molecule has 0 aromatic carbocycles. The van der Waals surface area contributed by atoms with E-state index in [9.17, 15) is 14.7 Å². The molecule has 4 rings (SSSR count). The summed E-state index contributed by atoms with van der Waals surface area (Å²) in [5, 5.41) is 10.3. The number of Topliss-reactive ketones (excluding diaryl/α,β-unsaturated/α-hetero) is 2. The first-order valence-corrected chi connectivity index (χ1v) is 8.87. The van der Waals surface area contributed by atoms with Gasteiger partial charge in [0.2, 0.25) is 0 Å². The molecule has 120 valence electrons. The summed E-state index contributed by atoms with van der Waals surface area (Å²) < 4.78 is 0. The van der Waals surface area contributed by atoms with Crippen LogP contribution >= 0.6 is 0 Å². The Labute approximate surface area is 132 Å². The van der Waals surface area contributed by atoms with Crippen molar-refractivity contribution in [3.05, 3.63) is 11.3 Å². The molecule has 0 saturated heterocycles. The molecule has 0 radical (unpaired) electrons. The van der Waals surface area contributed by atoms with E-state index in [-0.39, 0.29) is 22.4 Å². The largest absolute Gasteiger partial charge is 0.504 e. The normalized spacial score (nSPS) is 48.0. The standard InChI is InChI=1S/C19H26O3/c1-18-10-8-15(20)17(22)14(18)4-3-11-12-5-6-16(21)19(12,2)9-7-13(11)18/h11-13,22H,3-10H2,1-2H3/t11-,12-,13-,18-,19-/m1/s1. The third-order valence-corrected chi connectivity index (χ3v) is 7.80. The minimum atomic E-state index is -0.0920. The van der Waals surface area contributed by atoms with Crippen molar-refractivity contribution in [1.29, 1.82) is 0 Å². The third-order valence-electron chi connectivity index (χ3n) is 7.80. The molecule has 1 N–H and O–H groups in total. The fourth-order valence-electron chi connectivity index (χ4n) is 6.46. The molecule has 3 heteroatoms.